The largest absolute Gasteiger partial charge is 0.350 e. The van der Waals surface area contributed by atoms with Gasteiger partial charge in [-0.25, -0.2) is 0 Å². The minimum absolute atomic E-state index is 0.332. The SMILES string of the molecule is COC(C=O)OC(C)(C)C. The van der Waals surface area contributed by atoms with Crippen LogP contribution in [0.1, 0.15) is 20.8 Å². The highest BCUT2D eigenvalue weighted by Gasteiger charge is 2.16. The molecule has 0 aromatic heterocycles. The van der Waals surface area contributed by atoms with E-state index in [4.69, 9.17) is 4.74 Å². The molecule has 0 spiro atoms. The molecule has 1 atom stereocenters. The molecule has 0 bridgehead atoms. The van der Waals surface area contributed by atoms with Gasteiger partial charge in [-0.1, -0.05) is 0 Å². The van der Waals surface area contributed by atoms with Crippen molar-refractivity contribution in [3.05, 3.63) is 0 Å². The third-order valence-corrected chi connectivity index (χ3v) is 0.813. The van der Waals surface area contributed by atoms with E-state index in [0.29, 0.717) is 6.29 Å². The molecular weight excluding hydrogens is 132 g/mol. The van der Waals surface area contributed by atoms with Crippen molar-refractivity contribution >= 4 is 6.29 Å². The van der Waals surface area contributed by atoms with Crippen molar-refractivity contribution in [3.63, 3.8) is 0 Å². The Morgan fingerprint density at radius 3 is 2.00 bits per heavy atom. The molecule has 0 amide bonds. The number of carbonyl (C=O) groups excluding carboxylic acids is 1. The molecule has 0 saturated carbocycles. The highest BCUT2D eigenvalue weighted by atomic mass is 16.7. The van der Waals surface area contributed by atoms with E-state index in [1.54, 1.807) is 0 Å². The molecule has 0 aliphatic heterocycles. The van der Waals surface area contributed by atoms with Crippen molar-refractivity contribution in [2.75, 3.05) is 7.11 Å². The Bertz CT molecular complexity index is 104. The Morgan fingerprint density at radius 1 is 1.40 bits per heavy atom. The Morgan fingerprint density at radius 2 is 1.90 bits per heavy atom. The van der Waals surface area contributed by atoms with Crippen molar-refractivity contribution in [2.24, 2.45) is 0 Å². The van der Waals surface area contributed by atoms with E-state index >= 15 is 0 Å². The summed E-state index contributed by atoms with van der Waals surface area (Å²) in [5.41, 5.74) is -0.332. The fourth-order valence-corrected chi connectivity index (χ4v) is 0.480. The maximum Gasteiger partial charge on any atom is 0.214 e. The minimum Gasteiger partial charge on any atom is -0.350 e. The predicted octanol–water partition coefficient (Wildman–Crippen LogP) is 0.973. The van der Waals surface area contributed by atoms with Crippen LogP contribution in [-0.2, 0) is 14.3 Å². The van der Waals surface area contributed by atoms with E-state index in [1.807, 2.05) is 20.8 Å². The molecular formula is C7H14O3. The van der Waals surface area contributed by atoms with Crippen LogP contribution < -0.4 is 0 Å². The van der Waals surface area contributed by atoms with E-state index in [1.165, 1.54) is 7.11 Å². The van der Waals surface area contributed by atoms with Gasteiger partial charge in [-0.2, -0.15) is 0 Å². The molecule has 0 radical (unpaired) electrons. The van der Waals surface area contributed by atoms with Crippen LogP contribution in [-0.4, -0.2) is 25.3 Å². The second-order valence-corrected chi connectivity index (χ2v) is 2.97. The fourth-order valence-electron chi connectivity index (χ4n) is 0.480. The molecule has 0 aromatic carbocycles. The highest BCUT2D eigenvalue weighted by Crippen LogP contribution is 2.09. The van der Waals surface area contributed by atoms with Crippen LogP contribution in [0.3, 0.4) is 0 Å². The predicted molar refractivity (Wildman–Crippen MR) is 37.7 cm³/mol. The maximum absolute atomic E-state index is 10.2. The molecule has 3 nitrogen and oxygen atoms in total. The number of ether oxygens (including phenoxy) is 2. The monoisotopic (exact) mass is 146 g/mol. The molecule has 0 aliphatic carbocycles. The van der Waals surface area contributed by atoms with Crippen LogP contribution in [0.4, 0.5) is 0 Å². The summed E-state index contributed by atoms with van der Waals surface area (Å²) >= 11 is 0. The normalized spacial score (nSPS) is 14.8. The topological polar surface area (TPSA) is 35.5 Å². The Kier molecular flexibility index (Phi) is 3.53. The highest BCUT2D eigenvalue weighted by molar-refractivity contribution is 5.53. The Balaban J connectivity index is 3.74. The van der Waals surface area contributed by atoms with Crippen LogP contribution >= 0.6 is 0 Å². The minimum atomic E-state index is -0.736. The van der Waals surface area contributed by atoms with Crippen molar-refractivity contribution in [1.29, 1.82) is 0 Å². The lowest BCUT2D eigenvalue weighted by Gasteiger charge is -2.22. The zero-order valence-electron chi connectivity index (χ0n) is 6.88. The molecule has 0 N–H and O–H groups in total. The van der Waals surface area contributed by atoms with E-state index < -0.39 is 6.29 Å². The standard InChI is InChI=1S/C7H14O3/c1-7(2,3)10-6(5-8)9-4/h5-6H,1-4H3. The second-order valence-electron chi connectivity index (χ2n) is 2.97. The number of carbonyl (C=O) groups is 1. The van der Waals surface area contributed by atoms with Gasteiger partial charge in [0, 0.05) is 7.11 Å². The second kappa shape index (κ2) is 3.68. The summed E-state index contributed by atoms with van der Waals surface area (Å²) in [6.45, 7) is 5.59. The molecule has 0 saturated heterocycles. The van der Waals surface area contributed by atoms with Gasteiger partial charge < -0.3 is 9.47 Å². The summed E-state index contributed by atoms with van der Waals surface area (Å²) in [4.78, 5) is 10.2. The Labute approximate surface area is 61.3 Å². The van der Waals surface area contributed by atoms with Gasteiger partial charge in [0.25, 0.3) is 0 Å². The molecule has 3 heteroatoms. The van der Waals surface area contributed by atoms with Crippen LogP contribution in [0, 0.1) is 0 Å². The van der Waals surface area contributed by atoms with Gasteiger partial charge in [0.1, 0.15) is 0 Å². The summed E-state index contributed by atoms with van der Waals surface area (Å²) in [5, 5.41) is 0. The lowest BCUT2D eigenvalue weighted by molar-refractivity contribution is -0.180. The van der Waals surface area contributed by atoms with Gasteiger partial charge in [0.2, 0.25) is 6.29 Å². The quantitative estimate of drug-likeness (QED) is 0.439. The summed E-state index contributed by atoms with van der Waals surface area (Å²) < 4.78 is 9.83. The molecule has 10 heavy (non-hydrogen) atoms. The first-order chi connectivity index (χ1) is 4.49. The van der Waals surface area contributed by atoms with Gasteiger partial charge >= 0.3 is 0 Å². The van der Waals surface area contributed by atoms with Crippen LogP contribution in [0.2, 0.25) is 0 Å². The van der Waals surface area contributed by atoms with Crippen LogP contribution in [0.15, 0.2) is 0 Å². The molecule has 0 aliphatic rings. The summed E-state index contributed by atoms with van der Waals surface area (Å²) in [6, 6.07) is 0. The third kappa shape index (κ3) is 4.47. The summed E-state index contributed by atoms with van der Waals surface area (Å²) in [5.74, 6) is 0. The van der Waals surface area contributed by atoms with E-state index in [0.717, 1.165) is 0 Å². The lowest BCUT2D eigenvalue weighted by Crippen LogP contribution is -2.29. The zero-order chi connectivity index (χ0) is 8.20. The first-order valence-corrected chi connectivity index (χ1v) is 3.15. The first kappa shape index (κ1) is 9.59. The van der Waals surface area contributed by atoms with Crippen LogP contribution in [0.25, 0.3) is 0 Å². The number of methoxy groups -OCH3 is 1. The average Bonchev–Trinajstić information content (AvgIpc) is 1.81. The zero-order valence-corrected chi connectivity index (χ0v) is 6.88. The molecule has 1 unspecified atom stereocenters. The molecule has 0 heterocycles. The van der Waals surface area contributed by atoms with Gasteiger partial charge in [-0.05, 0) is 20.8 Å². The molecule has 0 aromatic rings. The van der Waals surface area contributed by atoms with E-state index in [2.05, 4.69) is 4.74 Å². The van der Waals surface area contributed by atoms with Crippen LogP contribution in [0.5, 0.6) is 0 Å². The summed E-state index contributed by atoms with van der Waals surface area (Å²) in [7, 11) is 1.44. The molecule has 0 fully saturated rings. The number of rotatable bonds is 3. The van der Waals surface area contributed by atoms with Crippen molar-refractivity contribution < 1.29 is 14.3 Å². The van der Waals surface area contributed by atoms with E-state index in [9.17, 15) is 4.79 Å². The summed E-state index contributed by atoms with van der Waals surface area (Å²) in [6.07, 6.45) is -0.106. The molecule has 60 valence electrons. The van der Waals surface area contributed by atoms with Crippen molar-refractivity contribution in [3.8, 4) is 0 Å². The lowest BCUT2D eigenvalue weighted by atomic mass is 10.2. The number of aldehydes is 1. The third-order valence-electron chi connectivity index (χ3n) is 0.813. The smallest absolute Gasteiger partial charge is 0.214 e. The average molecular weight is 146 g/mol. The van der Waals surface area contributed by atoms with Crippen molar-refractivity contribution in [1.82, 2.24) is 0 Å². The van der Waals surface area contributed by atoms with Gasteiger partial charge in [0.15, 0.2) is 6.29 Å². The fraction of sp³-hybridized carbons (Fsp3) is 0.857. The van der Waals surface area contributed by atoms with Gasteiger partial charge in [-0.3, -0.25) is 4.79 Å². The van der Waals surface area contributed by atoms with Crippen molar-refractivity contribution in [2.45, 2.75) is 32.7 Å². The van der Waals surface area contributed by atoms with E-state index in [-0.39, 0.29) is 5.60 Å². The number of hydrogen-bond donors (Lipinski definition) is 0. The Hall–Kier alpha value is -0.410. The molecule has 0 rings (SSSR count). The first-order valence-electron chi connectivity index (χ1n) is 3.15. The van der Waals surface area contributed by atoms with Gasteiger partial charge in [-0.15, -0.1) is 0 Å². The maximum atomic E-state index is 10.2. The van der Waals surface area contributed by atoms with Gasteiger partial charge in [0.05, 0.1) is 5.60 Å². The number of hydrogen-bond acceptors (Lipinski definition) is 3.